The minimum absolute atomic E-state index is 0.0596. The third-order valence-corrected chi connectivity index (χ3v) is 5.83. The van der Waals surface area contributed by atoms with E-state index in [1.807, 2.05) is 24.3 Å². The second-order valence-corrected chi connectivity index (χ2v) is 7.61. The summed E-state index contributed by atoms with van der Waals surface area (Å²) in [6, 6.07) is 11.1. The van der Waals surface area contributed by atoms with Crippen LogP contribution in [0, 0.1) is 0 Å². The number of urea groups is 1. The van der Waals surface area contributed by atoms with Gasteiger partial charge in [0.1, 0.15) is 0 Å². The van der Waals surface area contributed by atoms with E-state index in [-0.39, 0.29) is 6.03 Å². The van der Waals surface area contributed by atoms with Crippen LogP contribution in [-0.2, 0) is 6.54 Å². The largest absolute Gasteiger partial charge is 0.335 e. The number of piperidine rings is 1. The highest BCUT2D eigenvalue weighted by molar-refractivity contribution is 5.79. The second-order valence-electron chi connectivity index (χ2n) is 7.61. The predicted octanol–water partition coefficient (Wildman–Crippen LogP) is 3.44. The van der Waals surface area contributed by atoms with Crippen molar-refractivity contribution in [2.45, 2.75) is 57.2 Å². The molecule has 26 heavy (non-hydrogen) atoms. The quantitative estimate of drug-likeness (QED) is 0.886. The molecular weight excluding hydrogens is 324 g/mol. The fourth-order valence-electron chi connectivity index (χ4n) is 4.33. The average Bonchev–Trinajstić information content (AvgIpc) is 3.22. The number of rotatable bonds is 4. The maximum absolute atomic E-state index is 12.2. The Bertz CT molecular complexity index is 749. The van der Waals surface area contributed by atoms with Gasteiger partial charge >= 0.3 is 6.03 Å². The van der Waals surface area contributed by atoms with Crippen molar-refractivity contribution in [1.29, 1.82) is 0 Å². The molecule has 0 radical (unpaired) electrons. The van der Waals surface area contributed by atoms with Gasteiger partial charge in [0.25, 0.3) is 0 Å². The lowest BCUT2D eigenvalue weighted by molar-refractivity contribution is 0.145. The Morgan fingerprint density at radius 3 is 2.73 bits per heavy atom. The molecule has 0 unspecified atom stereocenters. The number of hydrogen-bond acceptors (Lipinski definition) is 3. The van der Waals surface area contributed by atoms with Crippen LogP contribution in [0.4, 0.5) is 4.79 Å². The van der Waals surface area contributed by atoms with E-state index in [0.717, 1.165) is 48.4 Å². The van der Waals surface area contributed by atoms with Gasteiger partial charge in [0.15, 0.2) is 0 Å². The molecule has 1 aromatic carbocycles. The first-order chi connectivity index (χ1) is 12.8. The summed E-state index contributed by atoms with van der Waals surface area (Å²) < 4.78 is 0. The van der Waals surface area contributed by atoms with Gasteiger partial charge in [-0.25, -0.2) is 4.79 Å². The Morgan fingerprint density at radius 2 is 1.92 bits per heavy atom. The number of nitrogens with zero attached hydrogens (tertiary/aromatic N) is 2. The van der Waals surface area contributed by atoms with Crippen molar-refractivity contribution in [3.63, 3.8) is 0 Å². The van der Waals surface area contributed by atoms with Crippen LogP contribution in [0.15, 0.2) is 36.5 Å². The van der Waals surface area contributed by atoms with Crippen molar-refractivity contribution in [3.05, 3.63) is 42.1 Å². The average molecular weight is 352 g/mol. The molecule has 0 bridgehead atoms. The Kier molecular flexibility index (Phi) is 5.34. The summed E-state index contributed by atoms with van der Waals surface area (Å²) in [6.07, 6.45) is 9.41. The van der Waals surface area contributed by atoms with E-state index in [9.17, 15) is 4.79 Å². The molecule has 4 rings (SSSR count). The lowest BCUT2D eigenvalue weighted by atomic mass is 10.0. The van der Waals surface area contributed by atoms with Crippen LogP contribution in [-0.4, -0.2) is 41.1 Å². The summed E-state index contributed by atoms with van der Waals surface area (Å²) in [4.78, 5) is 19.2. The summed E-state index contributed by atoms with van der Waals surface area (Å²) in [5.41, 5.74) is 2.08. The predicted molar refractivity (Wildman–Crippen MR) is 104 cm³/mol. The molecule has 1 saturated carbocycles. The van der Waals surface area contributed by atoms with E-state index in [1.165, 1.54) is 25.7 Å². The highest BCUT2D eigenvalue weighted by Gasteiger charge is 2.27. The van der Waals surface area contributed by atoms with Crippen LogP contribution < -0.4 is 10.6 Å². The second kappa shape index (κ2) is 8.04. The Labute approximate surface area is 155 Å². The van der Waals surface area contributed by atoms with Crippen LogP contribution >= 0.6 is 0 Å². The number of aromatic nitrogens is 1. The first-order valence-electron chi connectivity index (χ1n) is 9.90. The molecule has 2 heterocycles. The monoisotopic (exact) mass is 352 g/mol. The van der Waals surface area contributed by atoms with Gasteiger partial charge in [-0.3, -0.25) is 4.98 Å². The van der Waals surface area contributed by atoms with E-state index in [4.69, 9.17) is 0 Å². The molecule has 2 fully saturated rings. The molecule has 1 aliphatic carbocycles. The zero-order chi connectivity index (χ0) is 17.8. The van der Waals surface area contributed by atoms with Crippen LogP contribution in [0.1, 0.15) is 44.1 Å². The molecule has 138 valence electrons. The van der Waals surface area contributed by atoms with Crippen molar-refractivity contribution in [3.8, 4) is 0 Å². The lowest BCUT2D eigenvalue weighted by Gasteiger charge is -2.36. The molecule has 2 aliphatic rings. The molecular formula is C21H28N4O. The van der Waals surface area contributed by atoms with E-state index >= 15 is 0 Å². The SMILES string of the molecule is O=C(NCc1ccc2ncccc2c1)NC1CCN(C2CCCC2)CC1. The van der Waals surface area contributed by atoms with Gasteiger partial charge in [-0.1, -0.05) is 25.0 Å². The van der Waals surface area contributed by atoms with Crippen molar-refractivity contribution in [2.24, 2.45) is 0 Å². The smallest absolute Gasteiger partial charge is 0.315 e. The van der Waals surface area contributed by atoms with Crippen LogP contribution in [0.25, 0.3) is 10.9 Å². The summed E-state index contributed by atoms with van der Waals surface area (Å²) in [7, 11) is 0. The number of likely N-dealkylation sites (tertiary alicyclic amines) is 1. The normalized spacial score (nSPS) is 19.7. The molecule has 1 saturated heterocycles. The molecule has 5 heteroatoms. The first-order valence-corrected chi connectivity index (χ1v) is 9.90. The number of benzene rings is 1. The topological polar surface area (TPSA) is 57.3 Å². The minimum atomic E-state index is -0.0596. The van der Waals surface area contributed by atoms with E-state index < -0.39 is 0 Å². The minimum Gasteiger partial charge on any atom is -0.335 e. The number of pyridine rings is 1. The zero-order valence-corrected chi connectivity index (χ0v) is 15.3. The zero-order valence-electron chi connectivity index (χ0n) is 15.3. The number of carbonyl (C=O) groups is 1. The fraction of sp³-hybridized carbons (Fsp3) is 0.524. The number of carbonyl (C=O) groups excluding carboxylic acids is 1. The molecule has 0 spiro atoms. The summed E-state index contributed by atoms with van der Waals surface area (Å²) in [5, 5.41) is 7.24. The highest BCUT2D eigenvalue weighted by Crippen LogP contribution is 2.26. The van der Waals surface area contributed by atoms with Crippen LogP contribution in [0.3, 0.4) is 0 Å². The van der Waals surface area contributed by atoms with E-state index in [0.29, 0.717) is 12.6 Å². The molecule has 2 aromatic rings. The van der Waals surface area contributed by atoms with Gasteiger partial charge in [-0.15, -0.1) is 0 Å². The van der Waals surface area contributed by atoms with Crippen LogP contribution in [0.2, 0.25) is 0 Å². The standard InChI is InChI=1S/C21H28N4O/c26-21(23-15-16-7-8-20-17(14-16)4-3-11-22-20)24-18-9-12-25(13-10-18)19-5-1-2-6-19/h3-4,7-8,11,14,18-19H,1-2,5-6,9-10,12-13,15H2,(H2,23,24,26). The summed E-state index contributed by atoms with van der Waals surface area (Å²) in [5.74, 6) is 0. The maximum Gasteiger partial charge on any atom is 0.315 e. The molecule has 2 amide bonds. The van der Waals surface area contributed by atoms with Gasteiger partial charge in [0.2, 0.25) is 0 Å². The third-order valence-electron chi connectivity index (χ3n) is 5.83. The Balaban J connectivity index is 1.22. The Hall–Kier alpha value is -2.14. The van der Waals surface area contributed by atoms with Crippen LogP contribution in [0.5, 0.6) is 0 Å². The van der Waals surface area contributed by atoms with E-state index in [2.05, 4.69) is 26.6 Å². The summed E-state index contributed by atoms with van der Waals surface area (Å²) in [6.45, 7) is 2.78. The molecule has 5 nitrogen and oxygen atoms in total. The highest BCUT2D eigenvalue weighted by atomic mass is 16.2. The van der Waals surface area contributed by atoms with Gasteiger partial charge in [-0.05, 0) is 49.4 Å². The molecule has 1 aliphatic heterocycles. The number of hydrogen-bond donors (Lipinski definition) is 2. The molecule has 1 aromatic heterocycles. The molecule has 0 atom stereocenters. The number of amides is 2. The Morgan fingerprint density at radius 1 is 1.12 bits per heavy atom. The summed E-state index contributed by atoms with van der Waals surface area (Å²) >= 11 is 0. The van der Waals surface area contributed by atoms with Crippen molar-refractivity contribution in [2.75, 3.05) is 13.1 Å². The van der Waals surface area contributed by atoms with Gasteiger partial charge in [-0.2, -0.15) is 0 Å². The molecule has 2 N–H and O–H groups in total. The number of nitrogens with one attached hydrogen (secondary N) is 2. The van der Waals surface area contributed by atoms with Crippen molar-refractivity contribution < 1.29 is 4.79 Å². The van der Waals surface area contributed by atoms with Crippen molar-refractivity contribution >= 4 is 16.9 Å². The fourth-order valence-corrected chi connectivity index (χ4v) is 4.33. The van der Waals surface area contributed by atoms with Gasteiger partial charge < -0.3 is 15.5 Å². The first kappa shape index (κ1) is 17.3. The van der Waals surface area contributed by atoms with Crippen molar-refractivity contribution in [1.82, 2.24) is 20.5 Å². The maximum atomic E-state index is 12.2. The number of fused-ring (bicyclic) bond motifs is 1. The third kappa shape index (κ3) is 4.15. The van der Waals surface area contributed by atoms with Gasteiger partial charge in [0.05, 0.1) is 5.52 Å². The lowest BCUT2D eigenvalue weighted by Crippen LogP contribution is -2.49. The van der Waals surface area contributed by atoms with E-state index in [1.54, 1.807) is 6.20 Å². The van der Waals surface area contributed by atoms with Gasteiger partial charge in [0, 0.05) is 43.3 Å².